The third-order valence-corrected chi connectivity index (χ3v) is 5.33. The molecule has 0 aliphatic rings. The molecule has 3 aromatic carbocycles. The molecular formula is C26H26N2O6. The number of anilines is 1. The zero-order chi connectivity index (χ0) is 24.7. The second kappa shape index (κ2) is 11.0. The lowest BCUT2D eigenvalue weighted by atomic mass is 9.90. The minimum Gasteiger partial charge on any atom is -0.493 e. The Hall–Kier alpha value is -4.33. The smallest absolute Gasteiger partial charge is 0.255 e. The maximum absolute atomic E-state index is 13.0. The molecule has 8 nitrogen and oxygen atoms in total. The van der Waals surface area contributed by atoms with E-state index in [1.54, 1.807) is 48.5 Å². The molecule has 3 rings (SSSR count). The van der Waals surface area contributed by atoms with Gasteiger partial charge in [-0.15, -0.1) is 0 Å². The van der Waals surface area contributed by atoms with E-state index >= 15 is 0 Å². The lowest BCUT2D eigenvalue weighted by Crippen LogP contribution is -2.24. The average Bonchev–Trinajstić information content (AvgIpc) is 2.87. The van der Waals surface area contributed by atoms with E-state index in [1.807, 2.05) is 6.07 Å². The first-order valence-corrected chi connectivity index (χ1v) is 10.5. The Bertz CT molecular complexity index is 1150. The molecule has 2 amide bonds. The predicted octanol–water partition coefficient (Wildman–Crippen LogP) is 3.81. The topological polar surface area (TPSA) is 117 Å². The summed E-state index contributed by atoms with van der Waals surface area (Å²) in [6, 6.07) is 18.5. The molecule has 0 saturated carbocycles. The van der Waals surface area contributed by atoms with Crippen molar-refractivity contribution in [2.45, 2.75) is 12.3 Å². The second-order valence-corrected chi connectivity index (χ2v) is 7.44. The number of carbonyl (C=O) groups is 3. The molecule has 0 radical (unpaired) electrons. The summed E-state index contributed by atoms with van der Waals surface area (Å²) in [5, 5.41) is 2.79. The fraction of sp³-hybridized carbons (Fsp3) is 0.192. The number of rotatable bonds is 10. The Morgan fingerprint density at radius 1 is 0.824 bits per heavy atom. The van der Waals surface area contributed by atoms with Crippen molar-refractivity contribution in [1.82, 2.24) is 0 Å². The third-order valence-electron chi connectivity index (χ3n) is 5.33. The summed E-state index contributed by atoms with van der Waals surface area (Å²) in [6.07, 6.45) is -0.149. The number of carbonyl (C=O) groups excluding carboxylic acids is 3. The minimum atomic E-state index is -0.856. The molecular weight excluding hydrogens is 436 g/mol. The van der Waals surface area contributed by atoms with Crippen LogP contribution in [0.25, 0.3) is 0 Å². The summed E-state index contributed by atoms with van der Waals surface area (Å²) < 4.78 is 15.9. The van der Waals surface area contributed by atoms with E-state index in [-0.39, 0.29) is 18.1 Å². The molecule has 0 aliphatic heterocycles. The molecule has 0 fully saturated rings. The van der Waals surface area contributed by atoms with Crippen LogP contribution in [0, 0.1) is 0 Å². The van der Waals surface area contributed by atoms with Crippen LogP contribution in [-0.4, -0.2) is 38.9 Å². The van der Waals surface area contributed by atoms with Crippen LogP contribution in [0.3, 0.4) is 0 Å². The van der Waals surface area contributed by atoms with Crippen molar-refractivity contribution >= 4 is 23.3 Å². The van der Waals surface area contributed by atoms with Gasteiger partial charge in [0.15, 0.2) is 17.3 Å². The third kappa shape index (κ3) is 5.53. The molecule has 1 atom stereocenters. The first-order valence-electron chi connectivity index (χ1n) is 10.5. The van der Waals surface area contributed by atoms with Crippen molar-refractivity contribution in [3.8, 4) is 17.2 Å². The average molecular weight is 463 g/mol. The van der Waals surface area contributed by atoms with Crippen molar-refractivity contribution in [3.05, 3.63) is 83.4 Å². The fourth-order valence-electron chi connectivity index (χ4n) is 3.52. The fourth-order valence-corrected chi connectivity index (χ4v) is 3.52. The van der Waals surface area contributed by atoms with Crippen molar-refractivity contribution < 1.29 is 28.6 Å². The van der Waals surface area contributed by atoms with E-state index in [0.29, 0.717) is 39.6 Å². The normalized spacial score (nSPS) is 11.3. The maximum atomic E-state index is 13.0. The minimum absolute atomic E-state index is 0.149. The van der Waals surface area contributed by atoms with Crippen LogP contribution in [0.5, 0.6) is 17.2 Å². The highest BCUT2D eigenvalue weighted by atomic mass is 16.5. The van der Waals surface area contributed by atoms with Gasteiger partial charge in [0, 0.05) is 23.2 Å². The Labute approximate surface area is 197 Å². The van der Waals surface area contributed by atoms with Crippen LogP contribution < -0.4 is 25.3 Å². The number of primary amides is 1. The molecule has 34 heavy (non-hydrogen) atoms. The molecule has 176 valence electrons. The standard InChI is InChI=1S/C26H26N2O6/c1-32-22-13-18(14-23(33-2)24(22)34-3)21(29)15-20(25(27)30)16-9-11-19(12-10-16)28-26(31)17-7-5-4-6-8-17/h4-14,20H,15H2,1-3H3,(H2,27,30)(H,28,31). The number of Topliss-reactive ketones (excluding diaryl/α,β-unsaturated/α-hetero) is 1. The van der Waals surface area contributed by atoms with Gasteiger partial charge in [-0.2, -0.15) is 0 Å². The number of hydrogen-bond donors (Lipinski definition) is 2. The molecule has 3 aromatic rings. The number of amides is 2. The number of nitrogens with one attached hydrogen (secondary N) is 1. The van der Waals surface area contributed by atoms with E-state index < -0.39 is 11.8 Å². The largest absolute Gasteiger partial charge is 0.493 e. The number of hydrogen-bond acceptors (Lipinski definition) is 6. The SMILES string of the molecule is COc1cc(C(=O)CC(C(N)=O)c2ccc(NC(=O)c3ccccc3)cc2)cc(OC)c1OC. The molecule has 0 heterocycles. The molecule has 0 bridgehead atoms. The van der Waals surface area contributed by atoms with Gasteiger partial charge >= 0.3 is 0 Å². The van der Waals surface area contributed by atoms with Crippen LogP contribution in [0.15, 0.2) is 66.7 Å². The molecule has 8 heteroatoms. The van der Waals surface area contributed by atoms with Crippen LogP contribution in [-0.2, 0) is 4.79 Å². The summed E-state index contributed by atoms with van der Waals surface area (Å²) in [7, 11) is 4.38. The predicted molar refractivity (Wildman–Crippen MR) is 128 cm³/mol. The van der Waals surface area contributed by atoms with E-state index in [4.69, 9.17) is 19.9 Å². The van der Waals surface area contributed by atoms with Crippen LogP contribution >= 0.6 is 0 Å². The van der Waals surface area contributed by atoms with Crippen LogP contribution in [0.4, 0.5) is 5.69 Å². The first-order chi connectivity index (χ1) is 16.4. The quantitative estimate of drug-likeness (QED) is 0.443. The summed E-state index contributed by atoms with van der Waals surface area (Å²) in [5.41, 5.74) is 7.56. The molecule has 0 saturated heterocycles. The van der Waals surface area contributed by atoms with Gasteiger partial charge in [-0.1, -0.05) is 30.3 Å². The summed E-state index contributed by atoms with van der Waals surface area (Å²) in [5.74, 6) is -1.03. The monoisotopic (exact) mass is 462 g/mol. The molecule has 0 spiro atoms. The van der Waals surface area contributed by atoms with Crippen LogP contribution in [0.2, 0.25) is 0 Å². The van der Waals surface area contributed by atoms with Gasteiger partial charge in [0.1, 0.15) is 0 Å². The Balaban J connectivity index is 1.78. The van der Waals surface area contributed by atoms with Gasteiger partial charge in [-0.3, -0.25) is 14.4 Å². The Morgan fingerprint density at radius 3 is 1.91 bits per heavy atom. The van der Waals surface area contributed by atoms with E-state index in [2.05, 4.69) is 5.32 Å². The van der Waals surface area contributed by atoms with Gasteiger partial charge in [-0.05, 0) is 42.0 Å². The van der Waals surface area contributed by atoms with E-state index in [9.17, 15) is 14.4 Å². The zero-order valence-corrected chi connectivity index (χ0v) is 19.2. The van der Waals surface area contributed by atoms with E-state index in [1.165, 1.54) is 33.5 Å². The highest BCUT2D eigenvalue weighted by molar-refractivity contribution is 6.04. The number of ether oxygens (including phenoxy) is 3. The van der Waals surface area contributed by atoms with Crippen molar-refractivity contribution in [2.24, 2.45) is 5.73 Å². The summed E-state index contributed by atoms with van der Waals surface area (Å²) in [4.78, 5) is 37.5. The van der Waals surface area contributed by atoms with Crippen molar-refractivity contribution in [1.29, 1.82) is 0 Å². The lowest BCUT2D eigenvalue weighted by molar-refractivity contribution is -0.119. The maximum Gasteiger partial charge on any atom is 0.255 e. The Morgan fingerprint density at radius 2 is 1.41 bits per heavy atom. The van der Waals surface area contributed by atoms with Gasteiger partial charge in [0.05, 0.1) is 27.2 Å². The highest BCUT2D eigenvalue weighted by Crippen LogP contribution is 2.39. The van der Waals surface area contributed by atoms with Crippen molar-refractivity contribution in [2.75, 3.05) is 26.6 Å². The number of nitrogens with two attached hydrogens (primary N) is 1. The second-order valence-electron chi connectivity index (χ2n) is 7.44. The highest BCUT2D eigenvalue weighted by Gasteiger charge is 2.24. The van der Waals surface area contributed by atoms with Gasteiger partial charge in [0.2, 0.25) is 11.7 Å². The first kappa shape index (κ1) is 24.3. The Kier molecular flexibility index (Phi) is 7.87. The van der Waals surface area contributed by atoms with Crippen molar-refractivity contribution in [3.63, 3.8) is 0 Å². The molecule has 0 aromatic heterocycles. The number of benzene rings is 3. The van der Waals surface area contributed by atoms with Gasteiger partial charge in [-0.25, -0.2) is 0 Å². The molecule has 0 aliphatic carbocycles. The van der Waals surface area contributed by atoms with E-state index in [0.717, 1.165) is 0 Å². The lowest BCUT2D eigenvalue weighted by Gasteiger charge is -2.16. The summed E-state index contributed by atoms with van der Waals surface area (Å²) >= 11 is 0. The zero-order valence-electron chi connectivity index (χ0n) is 19.2. The van der Waals surface area contributed by atoms with Gasteiger partial charge < -0.3 is 25.3 Å². The summed E-state index contributed by atoms with van der Waals surface area (Å²) in [6.45, 7) is 0. The van der Waals surface area contributed by atoms with Crippen LogP contribution in [0.1, 0.15) is 38.6 Å². The number of methoxy groups -OCH3 is 3. The molecule has 3 N–H and O–H groups in total. The number of ketones is 1. The van der Waals surface area contributed by atoms with Gasteiger partial charge in [0.25, 0.3) is 5.91 Å². The molecule has 1 unspecified atom stereocenters.